The summed E-state index contributed by atoms with van der Waals surface area (Å²) in [6.45, 7) is 13.4. The topological polar surface area (TPSA) is 54.4 Å². The Morgan fingerprint density at radius 1 is 1.30 bits per heavy atom. The SMILES string of the molecule is CCN(CC)C(=O)C[C@H]1c2ccc(OC)cc2CCN1C=N[C@H](COC)C(C)(C)C. The van der Waals surface area contributed by atoms with Crippen LogP contribution < -0.4 is 4.74 Å². The lowest BCUT2D eigenvalue weighted by atomic mass is 9.87. The highest BCUT2D eigenvalue weighted by Crippen LogP contribution is 2.34. The highest BCUT2D eigenvalue weighted by molar-refractivity contribution is 5.78. The highest BCUT2D eigenvalue weighted by Gasteiger charge is 2.30. The van der Waals surface area contributed by atoms with E-state index in [2.05, 4.69) is 37.8 Å². The molecule has 1 amide bonds. The lowest BCUT2D eigenvalue weighted by Crippen LogP contribution is -2.40. The Kier molecular flexibility index (Phi) is 8.71. The number of nitrogens with zero attached hydrogens (tertiary/aromatic N) is 3. The summed E-state index contributed by atoms with van der Waals surface area (Å²) in [6.07, 6.45) is 3.29. The average Bonchev–Trinajstić information content (AvgIpc) is 2.71. The summed E-state index contributed by atoms with van der Waals surface area (Å²) in [5.74, 6) is 1.04. The van der Waals surface area contributed by atoms with Crippen molar-refractivity contribution < 1.29 is 14.3 Å². The fourth-order valence-corrected chi connectivity index (χ4v) is 3.91. The van der Waals surface area contributed by atoms with Crippen molar-refractivity contribution in [3.05, 3.63) is 29.3 Å². The van der Waals surface area contributed by atoms with Crippen molar-refractivity contribution in [3.63, 3.8) is 0 Å². The molecule has 0 spiro atoms. The van der Waals surface area contributed by atoms with Gasteiger partial charge >= 0.3 is 0 Å². The van der Waals surface area contributed by atoms with Gasteiger partial charge in [0, 0.05) is 26.7 Å². The minimum atomic E-state index is -0.0281. The summed E-state index contributed by atoms with van der Waals surface area (Å²) in [7, 11) is 3.40. The molecule has 0 radical (unpaired) electrons. The summed E-state index contributed by atoms with van der Waals surface area (Å²) in [4.78, 5) is 22.0. The Morgan fingerprint density at radius 2 is 2.00 bits per heavy atom. The zero-order valence-corrected chi connectivity index (χ0v) is 19.8. The maximum atomic E-state index is 13.0. The maximum absolute atomic E-state index is 13.0. The third-order valence-electron chi connectivity index (χ3n) is 5.95. The number of carbonyl (C=O) groups is 1. The van der Waals surface area contributed by atoms with Gasteiger partial charge in [-0.05, 0) is 48.9 Å². The summed E-state index contributed by atoms with van der Waals surface area (Å²) in [5, 5.41) is 0. The van der Waals surface area contributed by atoms with E-state index in [1.807, 2.05) is 31.2 Å². The standard InChI is InChI=1S/C24H39N3O3/c1-8-26(9-2)23(28)15-21-20-11-10-19(30-7)14-18(20)12-13-27(21)17-25-22(16-29-6)24(3,4)5/h10-11,14,17,21-22H,8-9,12-13,15-16H2,1-7H3/t21-,22+/m0/s1. The lowest BCUT2D eigenvalue weighted by Gasteiger charge is -2.37. The molecule has 0 aliphatic carbocycles. The van der Waals surface area contributed by atoms with E-state index >= 15 is 0 Å². The van der Waals surface area contributed by atoms with Crippen molar-refractivity contribution in [2.75, 3.05) is 40.5 Å². The number of ether oxygens (including phenoxy) is 2. The summed E-state index contributed by atoms with van der Waals surface area (Å²) >= 11 is 0. The number of carbonyl (C=O) groups excluding carboxylic acids is 1. The number of aliphatic imine (C=N–C) groups is 1. The number of hydrogen-bond acceptors (Lipinski definition) is 4. The monoisotopic (exact) mass is 417 g/mol. The van der Waals surface area contributed by atoms with E-state index in [1.54, 1.807) is 14.2 Å². The van der Waals surface area contributed by atoms with E-state index in [4.69, 9.17) is 14.5 Å². The first-order chi connectivity index (χ1) is 14.2. The normalized spacial score (nSPS) is 17.7. The molecule has 2 atom stereocenters. The molecule has 1 heterocycles. The molecule has 6 heteroatoms. The summed E-state index contributed by atoms with van der Waals surface area (Å²) in [6, 6.07) is 6.21. The molecule has 0 saturated heterocycles. The predicted octanol–water partition coefficient (Wildman–Crippen LogP) is 3.94. The minimum Gasteiger partial charge on any atom is -0.497 e. The van der Waals surface area contributed by atoms with Crippen molar-refractivity contribution in [3.8, 4) is 5.75 Å². The molecular weight excluding hydrogens is 378 g/mol. The molecule has 1 aromatic rings. The fourth-order valence-electron chi connectivity index (χ4n) is 3.91. The molecule has 2 rings (SSSR count). The van der Waals surface area contributed by atoms with Gasteiger partial charge in [-0.25, -0.2) is 0 Å². The van der Waals surface area contributed by atoms with Gasteiger partial charge in [-0.1, -0.05) is 26.8 Å². The largest absolute Gasteiger partial charge is 0.497 e. The second-order valence-corrected chi connectivity index (χ2v) is 8.94. The van der Waals surface area contributed by atoms with Crippen molar-refractivity contribution in [1.29, 1.82) is 0 Å². The molecule has 1 aliphatic rings. The van der Waals surface area contributed by atoms with Crippen LogP contribution in [0.5, 0.6) is 5.75 Å². The van der Waals surface area contributed by atoms with E-state index in [0.29, 0.717) is 13.0 Å². The van der Waals surface area contributed by atoms with Gasteiger partial charge in [0.05, 0.1) is 38.6 Å². The molecular formula is C24H39N3O3. The van der Waals surface area contributed by atoms with E-state index in [-0.39, 0.29) is 23.4 Å². The van der Waals surface area contributed by atoms with Crippen LogP contribution in [0, 0.1) is 5.41 Å². The molecule has 168 valence electrons. The van der Waals surface area contributed by atoms with Crippen LogP contribution in [0.4, 0.5) is 0 Å². The van der Waals surface area contributed by atoms with Crippen molar-refractivity contribution in [2.45, 2.75) is 59.5 Å². The van der Waals surface area contributed by atoms with Gasteiger partial charge in [0.2, 0.25) is 5.91 Å². The van der Waals surface area contributed by atoms with Crippen LogP contribution in [0.2, 0.25) is 0 Å². The summed E-state index contributed by atoms with van der Waals surface area (Å²) in [5.41, 5.74) is 2.44. The molecule has 0 N–H and O–H groups in total. The van der Waals surface area contributed by atoms with Crippen molar-refractivity contribution >= 4 is 12.2 Å². The molecule has 0 saturated carbocycles. The fraction of sp³-hybridized carbons (Fsp3) is 0.667. The van der Waals surface area contributed by atoms with Crippen molar-refractivity contribution in [2.24, 2.45) is 10.4 Å². The first-order valence-corrected chi connectivity index (χ1v) is 11.0. The van der Waals surface area contributed by atoms with E-state index in [0.717, 1.165) is 31.8 Å². The molecule has 0 aromatic heterocycles. The van der Waals surface area contributed by atoms with Gasteiger partial charge in [-0.3, -0.25) is 9.79 Å². The lowest BCUT2D eigenvalue weighted by molar-refractivity contribution is -0.131. The zero-order chi connectivity index (χ0) is 22.3. The number of rotatable bonds is 9. The Hall–Kier alpha value is -2.08. The number of methoxy groups -OCH3 is 2. The molecule has 1 aliphatic heterocycles. The molecule has 0 fully saturated rings. The molecule has 0 bridgehead atoms. The first kappa shape index (κ1) is 24.2. The van der Waals surface area contributed by atoms with Crippen LogP contribution in [0.3, 0.4) is 0 Å². The number of amides is 1. The highest BCUT2D eigenvalue weighted by atomic mass is 16.5. The number of hydrogen-bond donors (Lipinski definition) is 0. The third kappa shape index (κ3) is 5.97. The second-order valence-electron chi connectivity index (χ2n) is 8.94. The Balaban J connectivity index is 2.35. The molecule has 6 nitrogen and oxygen atoms in total. The zero-order valence-electron chi connectivity index (χ0n) is 19.8. The van der Waals surface area contributed by atoms with Crippen LogP contribution in [0.15, 0.2) is 23.2 Å². The van der Waals surface area contributed by atoms with Crippen LogP contribution >= 0.6 is 0 Å². The third-order valence-corrected chi connectivity index (χ3v) is 5.95. The van der Waals surface area contributed by atoms with E-state index < -0.39 is 0 Å². The molecule has 30 heavy (non-hydrogen) atoms. The van der Waals surface area contributed by atoms with Crippen molar-refractivity contribution in [1.82, 2.24) is 9.80 Å². The smallest absolute Gasteiger partial charge is 0.224 e. The maximum Gasteiger partial charge on any atom is 0.224 e. The summed E-state index contributed by atoms with van der Waals surface area (Å²) < 4.78 is 10.8. The van der Waals surface area contributed by atoms with Gasteiger partial charge in [0.25, 0.3) is 0 Å². The Bertz CT molecular complexity index is 723. The van der Waals surface area contributed by atoms with Crippen LogP contribution in [0.1, 0.15) is 58.2 Å². The number of fused-ring (bicyclic) bond motifs is 1. The number of benzene rings is 1. The van der Waals surface area contributed by atoms with Gasteiger partial charge in [-0.2, -0.15) is 0 Å². The Morgan fingerprint density at radius 3 is 2.57 bits per heavy atom. The van der Waals surface area contributed by atoms with Crippen LogP contribution in [0.25, 0.3) is 0 Å². The van der Waals surface area contributed by atoms with Gasteiger partial charge in [0.15, 0.2) is 0 Å². The van der Waals surface area contributed by atoms with Gasteiger partial charge in [-0.15, -0.1) is 0 Å². The second kappa shape index (κ2) is 10.8. The van der Waals surface area contributed by atoms with Gasteiger partial charge < -0.3 is 19.3 Å². The minimum absolute atomic E-state index is 0.000106. The Labute approximate surface area is 182 Å². The van der Waals surface area contributed by atoms with E-state index in [9.17, 15) is 4.79 Å². The van der Waals surface area contributed by atoms with Crippen LogP contribution in [-0.2, 0) is 16.0 Å². The molecule has 1 aromatic carbocycles. The average molecular weight is 418 g/mol. The quantitative estimate of drug-likeness (QED) is 0.451. The van der Waals surface area contributed by atoms with E-state index in [1.165, 1.54) is 11.1 Å². The van der Waals surface area contributed by atoms with Gasteiger partial charge in [0.1, 0.15) is 5.75 Å². The van der Waals surface area contributed by atoms with Crippen LogP contribution in [-0.4, -0.2) is 68.5 Å². The molecule has 0 unspecified atom stereocenters. The first-order valence-electron chi connectivity index (χ1n) is 11.0. The predicted molar refractivity (Wildman–Crippen MR) is 122 cm³/mol.